The molecule has 1 saturated heterocycles. The van der Waals surface area contributed by atoms with E-state index in [1.807, 2.05) is 30.3 Å². The summed E-state index contributed by atoms with van der Waals surface area (Å²) in [6.45, 7) is 3.13. The van der Waals surface area contributed by atoms with Crippen LogP contribution >= 0.6 is 0 Å². The van der Waals surface area contributed by atoms with Gasteiger partial charge in [0.2, 0.25) is 5.91 Å². The highest BCUT2D eigenvalue weighted by atomic mass is 16.2. The molecular weight excluding hydrogens is 406 g/mol. The monoisotopic (exact) mass is 435 g/mol. The number of nitrogens with one attached hydrogen (secondary N) is 1. The molecule has 0 unspecified atom stereocenters. The summed E-state index contributed by atoms with van der Waals surface area (Å²) in [5, 5.41) is 0.450. The van der Waals surface area contributed by atoms with Gasteiger partial charge in [-0.05, 0) is 37.1 Å². The Labute approximate surface area is 186 Å². The number of benzene rings is 1. The van der Waals surface area contributed by atoms with Gasteiger partial charge >= 0.3 is 5.69 Å². The van der Waals surface area contributed by atoms with Crippen LogP contribution in [0.15, 0.2) is 58.3 Å². The number of amides is 1. The van der Waals surface area contributed by atoms with Crippen molar-refractivity contribution in [3.63, 3.8) is 0 Å². The first kappa shape index (κ1) is 22.0. The molecule has 0 atom stereocenters. The van der Waals surface area contributed by atoms with Gasteiger partial charge in [-0.15, -0.1) is 0 Å². The Balaban J connectivity index is 1.30. The smallest absolute Gasteiger partial charge is 0.328 e. The highest BCUT2D eigenvalue weighted by molar-refractivity contribution is 5.79. The highest BCUT2D eigenvalue weighted by Crippen LogP contribution is 2.17. The Kier molecular flexibility index (Phi) is 6.80. The molecule has 3 aromatic rings. The van der Waals surface area contributed by atoms with Crippen LogP contribution in [0.5, 0.6) is 0 Å². The lowest BCUT2D eigenvalue weighted by Gasteiger charge is -2.36. The van der Waals surface area contributed by atoms with Crippen molar-refractivity contribution in [2.24, 2.45) is 0 Å². The van der Waals surface area contributed by atoms with E-state index < -0.39 is 11.2 Å². The van der Waals surface area contributed by atoms with Crippen molar-refractivity contribution in [3.05, 3.63) is 75.2 Å². The van der Waals surface area contributed by atoms with E-state index in [1.165, 1.54) is 4.57 Å². The number of aryl methyl sites for hydroxylation is 1. The largest absolute Gasteiger partial charge is 0.343 e. The van der Waals surface area contributed by atoms with Gasteiger partial charge in [0, 0.05) is 64.0 Å². The number of pyridine rings is 1. The number of H-pyrrole nitrogens is 1. The molecule has 4 rings (SSSR count). The molecule has 1 N–H and O–H groups in total. The summed E-state index contributed by atoms with van der Waals surface area (Å²) in [7, 11) is 1.85. The molecule has 0 spiro atoms. The summed E-state index contributed by atoms with van der Waals surface area (Å²) < 4.78 is 1.47. The molecule has 32 heavy (non-hydrogen) atoms. The van der Waals surface area contributed by atoms with Crippen molar-refractivity contribution in [2.75, 3.05) is 26.7 Å². The van der Waals surface area contributed by atoms with Crippen molar-refractivity contribution < 1.29 is 4.79 Å². The summed E-state index contributed by atoms with van der Waals surface area (Å²) in [5.41, 5.74) is 0.773. The van der Waals surface area contributed by atoms with E-state index in [2.05, 4.69) is 20.9 Å². The van der Waals surface area contributed by atoms with Crippen LogP contribution in [0.1, 0.15) is 25.0 Å². The van der Waals surface area contributed by atoms with Crippen LogP contribution in [0.4, 0.5) is 0 Å². The van der Waals surface area contributed by atoms with Gasteiger partial charge in [0.15, 0.2) is 0 Å². The normalized spacial score (nSPS) is 15.2. The molecular formula is C24H29N5O3. The number of aromatic nitrogens is 3. The van der Waals surface area contributed by atoms with Crippen molar-refractivity contribution in [1.29, 1.82) is 0 Å². The Morgan fingerprint density at radius 3 is 2.59 bits per heavy atom. The molecule has 8 heteroatoms. The minimum Gasteiger partial charge on any atom is -0.343 e. The minimum atomic E-state index is -0.481. The number of para-hydroxylation sites is 1. The van der Waals surface area contributed by atoms with Gasteiger partial charge in [0.05, 0.1) is 10.9 Å². The maximum atomic E-state index is 12.8. The predicted octanol–water partition coefficient (Wildman–Crippen LogP) is 1.64. The number of hydrogen-bond donors (Lipinski definition) is 1. The van der Waals surface area contributed by atoms with Crippen LogP contribution in [-0.4, -0.2) is 63.0 Å². The fourth-order valence-electron chi connectivity index (χ4n) is 4.40. The Morgan fingerprint density at radius 1 is 1.09 bits per heavy atom. The first-order valence-electron chi connectivity index (χ1n) is 11.1. The van der Waals surface area contributed by atoms with Crippen LogP contribution < -0.4 is 11.2 Å². The SMILES string of the molecule is CN(C(=O)CCn1c(=O)[nH]c(=O)c2ccccc21)C1CCN(CCc2ccccn2)CC1. The zero-order valence-electron chi connectivity index (χ0n) is 18.4. The van der Waals surface area contributed by atoms with E-state index in [-0.39, 0.29) is 24.9 Å². The van der Waals surface area contributed by atoms with Gasteiger partial charge in [-0.25, -0.2) is 4.79 Å². The summed E-state index contributed by atoms with van der Waals surface area (Å²) in [5.74, 6) is 0.0131. The molecule has 1 amide bonds. The van der Waals surface area contributed by atoms with Crippen molar-refractivity contribution in [2.45, 2.75) is 38.3 Å². The zero-order valence-corrected chi connectivity index (χ0v) is 18.4. The lowest BCUT2D eigenvalue weighted by Crippen LogP contribution is -2.46. The molecule has 3 heterocycles. The van der Waals surface area contributed by atoms with Crippen LogP contribution in [-0.2, 0) is 17.8 Å². The lowest BCUT2D eigenvalue weighted by atomic mass is 10.0. The van der Waals surface area contributed by atoms with Crippen LogP contribution in [0.2, 0.25) is 0 Å². The standard InChI is InChI=1S/C24H29N5O3/c1-27(19-10-15-28(16-11-19)14-9-18-6-4-5-13-25-18)22(30)12-17-29-21-8-3-2-7-20(21)23(31)26-24(29)32/h2-8,13,19H,9-12,14-17H2,1H3,(H,26,31,32). The molecule has 0 saturated carbocycles. The number of likely N-dealkylation sites (tertiary alicyclic amines) is 1. The molecule has 0 radical (unpaired) electrons. The number of nitrogens with zero attached hydrogens (tertiary/aromatic N) is 4. The number of carbonyl (C=O) groups excluding carboxylic acids is 1. The maximum absolute atomic E-state index is 12.8. The minimum absolute atomic E-state index is 0.0131. The van der Waals surface area contributed by atoms with Gasteiger partial charge in [-0.1, -0.05) is 18.2 Å². The van der Waals surface area contributed by atoms with E-state index in [0.29, 0.717) is 10.9 Å². The lowest BCUT2D eigenvalue weighted by molar-refractivity contribution is -0.133. The number of aromatic amines is 1. The van der Waals surface area contributed by atoms with Gasteiger partial charge in [-0.2, -0.15) is 0 Å². The molecule has 1 aliphatic heterocycles. The fraction of sp³-hybridized carbons (Fsp3) is 0.417. The number of hydrogen-bond acceptors (Lipinski definition) is 5. The maximum Gasteiger partial charge on any atom is 0.328 e. The first-order chi connectivity index (χ1) is 15.5. The molecule has 0 aliphatic carbocycles. The number of piperidine rings is 1. The predicted molar refractivity (Wildman–Crippen MR) is 124 cm³/mol. The van der Waals surface area contributed by atoms with E-state index in [0.717, 1.165) is 44.6 Å². The summed E-state index contributed by atoms with van der Waals surface area (Å²) in [4.78, 5) is 48.1. The van der Waals surface area contributed by atoms with Crippen molar-refractivity contribution in [3.8, 4) is 0 Å². The van der Waals surface area contributed by atoms with E-state index >= 15 is 0 Å². The quantitative estimate of drug-likeness (QED) is 0.609. The molecule has 1 aliphatic rings. The molecule has 8 nitrogen and oxygen atoms in total. The summed E-state index contributed by atoms with van der Waals surface area (Å²) in [6.07, 6.45) is 4.85. The van der Waals surface area contributed by atoms with Crippen LogP contribution in [0, 0.1) is 0 Å². The van der Waals surface area contributed by atoms with Crippen molar-refractivity contribution >= 4 is 16.8 Å². The van der Waals surface area contributed by atoms with Crippen molar-refractivity contribution in [1.82, 2.24) is 24.3 Å². The van der Waals surface area contributed by atoms with E-state index in [9.17, 15) is 14.4 Å². The van der Waals surface area contributed by atoms with Crippen LogP contribution in [0.3, 0.4) is 0 Å². The summed E-state index contributed by atoms with van der Waals surface area (Å²) in [6, 6.07) is 13.2. The number of fused-ring (bicyclic) bond motifs is 1. The van der Waals surface area contributed by atoms with E-state index in [4.69, 9.17) is 0 Å². The number of rotatable bonds is 7. The molecule has 1 fully saturated rings. The van der Waals surface area contributed by atoms with Gasteiger partial charge in [-0.3, -0.25) is 24.1 Å². The topological polar surface area (TPSA) is 91.3 Å². The second-order valence-corrected chi connectivity index (χ2v) is 8.33. The fourth-order valence-corrected chi connectivity index (χ4v) is 4.40. The molecule has 1 aromatic carbocycles. The van der Waals surface area contributed by atoms with Gasteiger partial charge in [0.1, 0.15) is 0 Å². The third kappa shape index (κ3) is 4.96. The Hall–Kier alpha value is -3.26. The first-order valence-corrected chi connectivity index (χ1v) is 11.1. The zero-order chi connectivity index (χ0) is 22.5. The second kappa shape index (κ2) is 9.91. The average molecular weight is 436 g/mol. The van der Waals surface area contributed by atoms with Gasteiger partial charge < -0.3 is 9.80 Å². The molecule has 2 aromatic heterocycles. The third-order valence-corrected chi connectivity index (χ3v) is 6.36. The van der Waals surface area contributed by atoms with Crippen LogP contribution in [0.25, 0.3) is 10.9 Å². The average Bonchev–Trinajstić information content (AvgIpc) is 2.83. The van der Waals surface area contributed by atoms with Gasteiger partial charge in [0.25, 0.3) is 5.56 Å². The third-order valence-electron chi connectivity index (χ3n) is 6.36. The second-order valence-electron chi connectivity index (χ2n) is 8.33. The molecule has 0 bridgehead atoms. The van der Waals surface area contributed by atoms with E-state index in [1.54, 1.807) is 24.3 Å². The summed E-state index contributed by atoms with van der Waals surface area (Å²) >= 11 is 0. The Morgan fingerprint density at radius 2 is 1.84 bits per heavy atom. The molecule has 168 valence electrons. The number of carbonyl (C=O) groups is 1. The Bertz CT molecular complexity index is 1180. The highest BCUT2D eigenvalue weighted by Gasteiger charge is 2.25.